The Morgan fingerprint density at radius 3 is 2.62 bits per heavy atom. The topological polar surface area (TPSA) is 60.2 Å². The van der Waals surface area contributed by atoms with Gasteiger partial charge < -0.3 is 15.8 Å². The monoisotopic (exact) mass is 305 g/mol. The number of pyridine rings is 1. The number of ether oxygens (including phenoxy) is 1. The molecule has 5 heteroatoms. The molecule has 0 aliphatic rings. The summed E-state index contributed by atoms with van der Waals surface area (Å²) in [5.41, 5.74) is 7.49. The van der Waals surface area contributed by atoms with E-state index in [9.17, 15) is 0 Å². The van der Waals surface area contributed by atoms with E-state index in [2.05, 4.69) is 10.3 Å². The van der Waals surface area contributed by atoms with E-state index in [0.29, 0.717) is 17.4 Å². The number of nitrogen functional groups attached to an aromatic ring is 1. The number of benzene rings is 1. The van der Waals surface area contributed by atoms with Gasteiger partial charge in [-0.25, -0.2) is 0 Å². The molecule has 0 amide bonds. The normalized spacial score (nSPS) is 12.2. The van der Waals surface area contributed by atoms with Crippen molar-refractivity contribution in [3.8, 4) is 5.88 Å². The summed E-state index contributed by atoms with van der Waals surface area (Å²) in [6, 6.07) is 11.4. The number of aromatic nitrogens is 1. The molecule has 4 nitrogen and oxygen atoms in total. The Labute approximate surface area is 130 Å². The van der Waals surface area contributed by atoms with E-state index in [1.807, 2.05) is 51.1 Å². The molecule has 1 unspecified atom stereocenters. The van der Waals surface area contributed by atoms with Crippen molar-refractivity contribution in [1.82, 2.24) is 4.98 Å². The van der Waals surface area contributed by atoms with Crippen molar-refractivity contribution in [2.75, 3.05) is 11.1 Å². The van der Waals surface area contributed by atoms with Gasteiger partial charge in [0.1, 0.15) is 5.82 Å². The maximum atomic E-state index is 6.02. The molecule has 0 saturated carbocycles. The van der Waals surface area contributed by atoms with Gasteiger partial charge in [-0.2, -0.15) is 4.98 Å². The second-order valence-electron chi connectivity index (χ2n) is 5.18. The molecule has 1 heterocycles. The summed E-state index contributed by atoms with van der Waals surface area (Å²) in [4.78, 5) is 4.41. The predicted molar refractivity (Wildman–Crippen MR) is 87.9 cm³/mol. The first-order chi connectivity index (χ1) is 9.95. The van der Waals surface area contributed by atoms with Crippen LogP contribution in [-0.2, 0) is 0 Å². The van der Waals surface area contributed by atoms with Gasteiger partial charge in [0.15, 0.2) is 0 Å². The zero-order valence-corrected chi connectivity index (χ0v) is 13.2. The van der Waals surface area contributed by atoms with E-state index in [-0.39, 0.29) is 12.1 Å². The maximum Gasteiger partial charge on any atom is 0.239 e. The van der Waals surface area contributed by atoms with Crippen LogP contribution < -0.4 is 15.8 Å². The molecule has 0 aliphatic heterocycles. The first kappa shape index (κ1) is 15.4. The Hall–Kier alpha value is -1.94. The van der Waals surface area contributed by atoms with E-state index in [4.69, 9.17) is 22.1 Å². The number of anilines is 2. The van der Waals surface area contributed by atoms with E-state index in [1.54, 1.807) is 6.07 Å². The fourth-order valence-corrected chi connectivity index (χ4v) is 2.13. The van der Waals surface area contributed by atoms with Crippen LogP contribution in [0.1, 0.15) is 32.4 Å². The molecule has 112 valence electrons. The lowest BCUT2D eigenvalue weighted by atomic mass is 10.1. The van der Waals surface area contributed by atoms with Gasteiger partial charge in [-0.15, -0.1) is 0 Å². The molecule has 0 bridgehead atoms. The molecule has 1 atom stereocenters. The molecule has 0 spiro atoms. The van der Waals surface area contributed by atoms with Gasteiger partial charge in [0.05, 0.1) is 11.8 Å². The highest BCUT2D eigenvalue weighted by atomic mass is 35.5. The van der Waals surface area contributed by atoms with Crippen LogP contribution in [0.25, 0.3) is 0 Å². The maximum absolute atomic E-state index is 6.02. The summed E-state index contributed by atoms with van der Waals surface area (Å²) in [7, 11) is 0. The van der Waals surface area contributed by atoms with E-state index in [1.165, 1.54) is 0 Å². The van der Waals surface area contributed by atoms with Crippen molar-refractivity contribution < 1.29 is 4.74 Å². The third kappa shape index (κ3) is 4.26. The third-order valence-electron chi connectivity index (χ3n) is 2.95. The molecule has 0 aliphatic carbocycles. The van der Waals surface area contributed by atoms with Gasteiger partial charge in [-0.1, -0.05) is 23.7 Å². The van der Waals surface area contributed by atoms with Crippen LogP contribution in [0.4, 0.5) is 11.5 Å². The molecular weight excluding hydrogens is 286 g/mol. The lowest BCUT2D eigenvalue weighted by Gasteiger charge is -2.17. The Morgan fingerprint density at radius 1 is 1.19 bits per heavy atom. The van der Waals surface area contributed by atoms with Crippen LogP contribution in [0.2, 0.25) is 5.02 Å². The van der Waals surface area contributed by atoms with Gasteiger partial charge in [0.2, 0.25) is 5.88 Å². The van der Waals surface area contributed by atoms with Gasteiger partial charge in [-0.05, 0) is 50.6 Å². The van der Waals surface area contributed by atoms with Crippen LogP contribution in [-0.4, -0.2) is 11.1 Å². The molecular formula is C16H20ClN3O. The summed E-state index contributed by atoms with van der Waals surface area (Å²) in [5, 5.41) is 4.04. The molecule has 0 radical (unpaired) electrons. The zero-order chi connectivity index (χ0) is 15.4. The van der Waals surface area contributed by atoms with Crippen molar-refractivity contribution in [3.05, 3.63) is 47.0 Å². The fraction of sp³-hybridized carbons (Fsp3) is 0.312. The number of nitrogens with one attached hydrogen (secondary N) is 1. The Kier molecular flexibility index (Phi) is 4.91. The van der Waals surface area contributed by atoms with Crippen LogP contribution >= 0.6 is 11.6 Å². The van der Waals surface area contributed by atoms with Crippen molar-refractivity contribution in [2.45, 2.75) is 32.9 Å². The standard InChI is InChI=1S/C16H20ClN3O/c1-10(2)21-16-14(18)7-8-15(20-16)19-11(3)12-5-4-6-13(17)9-12/h4-11H,18H2,1-3H3,(H,19,20). The molecule has 0 saturated heterocycles. The third-order valence-corrected chi connectivity index (χ3v) is 3.19. The minimum atomic E-state index is 0.0282. The van der Waals surface area contributed by atoms with Gasteiger partial charge >= 0.3 is 0 Å². The van der Waals surface area contributed by atoms with Crippen LogP contribution in [0, 0.1) is 0 Å². The largest absolute Gasteiger partial charge is 0.473 e. The van der Waals surface area contributed by atoms with Crippen LogP contribution in [0.15, 0.2) is 36.4 Å². The van der Waals surface area contributed by atoms with E-state index < -0.39 is 0 Å². The zero-order valence-electron chi connectivity index (χ0n) is 12.4. The number of hydrogen-bond acceptors (Lipinski definition) is 4. The molecule has 21 heavy (non-hydrogen) atoms. The average molecular weight is 306 g/mol. The van der Waals surface area contributed by atoms with Gasteiger partial charge in [0.25, 0.3) is 0 Å². The summed E-state index contributed by atoms with van der Waals surface area (Å²) in [6.07, 6.45) is 0.0282. The molecule has 3 N–H and O–H groups in total. The molecule has 1 aromatic carbocycles. The predicted octanol–water partition coefficient (Wildman–Crippen LogP) is 4.28. The van der Waals surface area contributed by atoms with Crippen LogP contribution in [0.3, 0.4) is 0 Å². The average Bonchev–Trinajstić information content (AvgIpc) is 2.42. The number of halogens is 1. The summed E-state index contributed by atoms with van der Waals surface area (Å²) >= 11 is 6.02. The minimum Gasteiger partial charge on any atom is -0.473 e. The highest BCUT2D eigenvalue weighted by Crippen LogP contribution is 2.25. The highest BCUT2D eigenvalue weighted by molar-refractivity contribution is 6.30. The van der Waals surface area contributed by atoms with E-state index >= 15 is 0 Å². The second kappa shape index (κ2) is 6.68. The first-order valence-electron chi connectivity index (χ1n) is 6.91. The Balaban J connectivity index is 2.15. The van der Waals surface area contributed by atoms with Gasteiger partial charge in [-0.3, -0.25) is 0 Å². The number of nitrogens with two attached hydrogens (primary N) is 1. The van der Waals surface area contributed by atoms with Crippen molar-refractivity contribution in [1.29, 1.82) is 0 Å². The molecule has 1 aromatic heterocycles. The lowest BCUT2D eigenvalue weighted by molar-refractivity contribution is 0.234. The van der Waals surface area contributed by atoms with Gasteiger partial charge in [0, 0.05) is 11.1 Å². The Bertz CT molecular complexity index is 616. The summed E-state index contributed by atoms with van der Waals surface area (Å²) in [5.74, 6) is 1.17. The number of hydrogen-bond donors (Lipinski definition) is 2. The summed E-state index contributed by atoms with van der Waals surface area (Å²) in [6.45, 7) is 5.93. The molecule has 0 fully saturated rings. The molecule has 2 aromatic rings. The van der Waals surface area contributed by atoms with Crippen molar-refractivity contribution >= 4 is 23.1 Å². The second-order valence-corrected chi connectivity index (χ2v) is 5.61. The lowest BCUT2D eigenvalue weighted by Crippen LogP contribution is -2.12. The first-order valence-corrected chi connectivity index (χ1v) is 7.28. The fourth-order valence-electron chi connectivity index (χ4n) is 1.93. The molecule has 2 rings (SSSR count). The number of rotatable bonds is 5. The van der Waals surface area contributed by atoms with Crippen LogP contribution in [0.5, 0.6) is 5.88 Å². The highest BCUT2D eigenvalue weighted by Gasteiger charge is 2.10. The quantitative estimate of drug-likeness (QED) is 0.865. The Morgan fingerprint density at radius 2 is 1.95 bits per heavy atom. The minimum absolute atomic E-state index is 0.0282. The van der Waals surface area contributed by atoms with Crippen molar-refractivity contribution in [3.63, 3.8) is 0 Å². The number of nitrogens with zero attached hydrogens (tertiary/aromatic N) is 1. The SMILES string of the molecule is CC(C)Oc1nc(NC(C)c2cccc(Cl)c2)ccc1N. The smallest absolute Gasteiger partial charge is 0.239 e. The van der Waals surface area contributed by atoms with E-state index in [0.717, 1.165) is 10.6 Å². The van der Waals surface area contributed by atoms with Crippen molar-refractivity contribution in [2.24, 2.45) is 0 Å². The summed E-state index contributed by atoms with van der Waals surface area (Å²) < 4.78 is 5.59.